The molecule has 0 fully saturated rings. The fourth-order valence-corrected chi connectivity index (χ4v) is 3.58. The van der Waals surface area contributed by atoms with E-state index in [1.165, 1.54) is 0 Å². The van der Waals surface area contributed by atoms with E-state index in [0.717, 1.165) is 10.9 Å². The van der Waals surface area contributed by atoms with Crippen LogP contribution in [-0.2, 0) is 21.4 Å². The lowest BCUT2D eigenvalue weighted by Gasteiger charge is -2.23. The first kappa shape index (κ1) is 21.6. The van der Waals surface area contributed by atoms with E-state index in [2.05, 4.69) is 26.1 Å². The monoisotopic (exact) mass is 412 g/mol. The molecule has 7 heteroatoms. The van der Waals surface area contributed by atoms with Crippen molar-refractivity contribution in [3.8, 4) is 0 Å². The minimum Gasteiger partial charge on any atom is -0.548 e. The SMILES string of the molecule is Cc1c(CC(=O)N[C@H](C(=O)[O-])C(C)C)c(=O)oc2cc3occ(C(C)(C)C)c3cc12. The molecule has 2 heterocycles. The van der Waals surface area contributed by atoms with Crippen LogP contribution < -0.4 is 16.0 Å². The van der Waals surface area contributed by atoms with Crippen molar-refractivity contribution >= 4 is 33.8 Å². The van der Waals surface area contributed by atoms with Crippen molar-refractivity contribution in [2.75, 3.05) is 0 Å². The van der Waals surface area contributed by atoms with Gasteiger partial charge in [-0.05, 0) is 29.9 Å². The normalized spacial score (nSPS) is 13.2. The minimum absolute atomic E-state index is 0.137. The molecule has 0 bridgehead atoms. The number of rotatable bonds is 5. The summed E-state index contributed by atoms with van der Waals surface area (Å²) in [5.74, 6) is -2.29. The summed E-state index contributed by atoms with van der Waals surface area (Å²) in [7, 11) is 0. The maximum Gasteiger partial charge on any atom is 0.340 e. The van der Waals surface area contributed by atoms with E-state index in [4.69, 9.17) is 8.83 Å². The lowest BCUT2D eigenvalue weighted by atomic mass is 9.86. The summed E-state index contributed by atoms with van der Waals surface area (Å²) in [6, 6.07) is 2.46. The number of hydrogen-bond acceptors (Lipinski definition) is 6. The number of carbonyl (C=O) groups excluding carboxylic acids is 2. The maximum atomic E-state index is 12.5. The van der Waals surface area contributed by atoms with Crippen LogP contribution in [0.4, 0.5) is 0 Å². The van der Waals surface area contributed by atoms with Crippen LogP contribution in [0.2, 0.25) is 0 Å². The molecule has 30 heavy (non-hydrogen) atoms. The number of aliphatic carboxylic acids is 1. The molecular formula is C23H26NO6-. The Bertz CT molecular complexity index is 1190. The third-order valence-corrected chi connectivity index (χ3v) is 5.36. The number of hydrogen-bond donors (Lipinski definition) is 1. The number of amides is 1. The number of furan rings is 1. The topological polar surface area (TPSA) is 113 Å². The van der Waals surface area contributed by atoms with Crippen LogP contribution in [0.5, 0.6) is 0 Å². The van der Waals surface area contributed by atoms with Crippen molar-refractivity contribution in [1.29, 1.82) is 0 Å². The minimum atomic E-state index is -1.36. The highest BCUT2D eigenvalue weighted by atomic mass is 16.4. The van der Waals surface area contributed by atoms with Crippen LogP contribution in [0.1, 0.15) is 51.3 Å². The average molecular weight is 412 g/mol. The van der Waals surface area contributed by atoms with Gasteiger partial charge in [0.25, 0.3) is 0 Å². The van der Waals surface area contributed by atoms with Gasteiger partial charge in [-0.15, -0.1) is 0 Å². The summed E-state index contributed by atoms with van der Waals surface area (Å²) in [5.41, 5.74) is 2.06. The van der Waals surface area contributed by atoms with Crippen LogP contribution >= 0.6 is 0 Å². The Labute approximate surface area is 174 Å². The third kappa shape index (κ3) is 3.97. The van der Waals surface area contributed by atoms with Crippen molar-refractivity contribution in [2.24, 2.45) is 5.92 Å². The Morgan fingerprint density at radius 1 is 1.13 bits per heavy atom. The summed E-state index contributed by atoms with van der Waals surface area (Å²) in [5, 5.41) is 15.3. The summed E-state index contributed by atoms with van der Waals surface area (Å²) in [6.45, 7) is 11.3. The van der Waals surface area contributed by atoms with Gasteiger partial charge in [0.2, 0.25) is 5.91 Å². The van der Waals surface area contributed by atoms with E-state index in [0.29, 0.717) is 22.1 Å². The van der Waals surface area contributed by atoms with E-state index in [-0.39, 0.29) is 23.3 Å². The first-order valence-electron chi connectivity index (χ1n) is 9.88. The highest BCUT2D eigenvalue weighted by Crippen LogP contribution is 2.35. The van der Waals surface area contributed by atoms with Crippen LogP contribution in [0, 0.1) is 12.8 Å². The predicted molar refractivity (Wildman–Crippen MR) is 111 cm³/mol. The van der Waals surface area contributed by atoms with E-state index >= 15 is 0 Å². The zero-order valence-electron chi connectivity index (χ0n) is 18.0. The van der Waals surface area contributed by atoms with Gasteiger partial charge >= 0.3 is 5.63 Å². The first-order chi connectivity index (χ1) is 13.9. The largest absolute Gasteiger partial charge is 0.548 e. The molecule has 1 N–H and O–H groups in total. The quantitative estimate of drug-likeness (QED) is 0.645. The molecule has 1 atom stereocenters. The molecule has 3 aromatic rings. The number of fused-ring (bicyclic) bond motifs is 2. The summed E-state index contributed by atoms with van der Waals surface area (Å²) >= 11 is 0. The molecule has 0 unspecified atom stereocenters. The Kier molecular flexibility index (Phi) is 5.50. The zero-order valence-corrected chi connectivity index (χ0v) is 18.0. The number of aryl methyl sites for hydroxylation is 1. The molecular weight excluding hydrogens is 386 g/mol. The van der Waals surface area contributed by atoms with Gasteiger partial charge in [0.05, 0.1) is 30.3 Å². The summed E-state index contributed by atoms with van der Waals surface area (Å²) in [6.07, 6.45) is 1.42. The van der Waals surface area contributed by atoms with Crippen LogP contribution in [-0.4, -0.2) is 17.9 Å². The average Bonchev–Trinajstić information content (AvgIpc) is 3.04. The van der Waals surface area contributed by atoms with Gasteiger partial charge < -0.3 is 24.1 Å². The summed E-state index contributed by atoms with van der Waals surface area (Å²) < 4.78 is 11.1. The van der Waals surface area contributed by atoms with Gasteiger partial charge in [-0.2, -0.15) is 0 Å². The molecule has 0 radical (unpaired) electrons. The number of benzene rings is 1. The van der Waals surface area contributed by atoms with Crippen molar-refractivity contribution in [2.45, 2.75) is 59.4 Å². The molecule has 7 nitrogen and oxygen atoms in total. The second kappa shape index (κ2) is 7.63. The molecule has 0 saturated carbocycles. The number of nitrogens with one attached hydrogen (secondary N) is 1. The predicted octanol–water partition coefficient (Wildman–Crippen LogP) is 2.58. The number of carboxylic acid groups (broad SMARTS) is 1. The highest BCUT2D eigenvalue weighted by Gasteiger charge is 2.23. The maximum absolute atomic E-state index is 12.5. The van der Waals surface area contributed by atoms with E-state index in [1.54, 1.807) is 33.1 Å². The fraction of sp³-hybridized carbons (Fsp3) is 0.435. The molecule has 0 aliphatic rings. The second-order valence-corrected chi connectivity index (χ2v) is 9.02. The molecule has 1 amide bonds. The zero-order chi connectivity index (χ0) is 22.4. The first-order valence-corrected chi connectivity index (χ1v) is 9.88. The Hall–Kier alpha value is -3.09. The van der Waals surface area contributed by atoms with Gasteiger partial charge in [-0.1, -0.05) is 34.6 Å². The van der Waals surface area contributed by atoms with E-state index < -0.39 is 23.5 Å². The molecule has 1 aromatic carbocycles. The number of carbonyl (C=O) groups is 2. The standard InChI is InChI=1S/C23H27NO6/c1-11(2)20(21(26)27)24-19(25)8-14-12(3)13-7-15-16(23(4,5)6)10-29-17(15)9-18(13)30-22(14)28/h7,9-11,20H,8H2,1-6H3,(H,24,25)(H,26,27)/p-1/t20-/m0/s1. The van der Waals surface area contributed by atoms with Gasteiger partial charge in [0.15, 0.2) is 0 Å². The molecule has 160 valence electrons. The molecule has 2 aromatic heterocycles. The Balaban J connectivity index is 2.05. The van der Waals surface area contributed by atoms with Crippen molar-refractivity contribution in [3.05, 3.63) is 45.5 Å². The lowest BCUT2D eigenvalue weighted by molar-refractivity contribution is -0.309. The smallest absolute Gasteiger partial charge is 0.340 e. The highest BCUT2D eigenvalue weighted by molar-refractivity contribution is 5.97. The molecule has 0 aliphatic heterocycles. The third-order valence-electron chi connectivity index (χ3n) is 5.36. The number of carboxylic acids is 1. The molecule has 0 aliphatic carbocycles. The van der Waals surface area contributed by atoms with E-state index in [1.807, 2.05) is 6.07 Å². The van der Waals surface area contributed by atoms with Gasteiger partial charge in [0.1, 0.15) is 11.2 Å². The lowest BCUT2D eigenvalue weighted by Crippen LogP contribution is -2.51. The Morgan fingerprint density at radius 3 is 2.37 bits per heavy atom. The van der Waals surface area contributed by atoms with Crippen molar-refractivity contribution in [3.63, 3.8) is 0 Å². The van der Waals surface area contributed by atoms with Gasteiger partial charge in [0, 0.05) is 22.4 Å². The van der Waals surface area contributed by atoms with E-state index in [9.17, 15) is 19.5 Å². The van der Waals surface area contributed by atoms with Crippen molar-refractivity contribution < 1.29 is 23.5 Å². The van der Waals surface area contributed by atoms with Crippen LogP contribution in [0.25, 0.3) is 21.9 Å². The van der Waals surface area contributed by atoms with Crippen LogP contribution in [0.3, 0.4) is 0 Å². The van der Waals surface area contributed by atoms with Gasteiger partial charge in [-0.3, -0.25) is 4.79 Å². The fourth-order valence-electron chi connectivity index (χ4n) is 3.58. The molecule has 0 spiro atoms. The van der Waals surface area contributed by atoms with Crippen molar-refractivity contribution in [1.82, 2.24) is 5.32 Å². The second-order valence-electron chi connectivity index (χ2n) is 9.02. The molecule has 0 saturated heterocycles. The molecule has 3 rings (SSSR count). The van der Waals surface area contributed by atoms with Crippen LogP contribution in [0.15, 0.2) is 32.0 Å². The summed E-state index contributed by atoms with van der Waals surface area (Å²) in [4.78, 5) is 36.2. The Morgan fingerprint density at radius 2 is 1.80 bits per heavy atom. The van der Waals surface area contributed by atoms with Gasteiger partial charge in [-0.25, -0.2) is 4.79 Å².